The molecule has 0 amide bonds. The highest BCUT2D eigenvalue weighted by atomic mass is 35.5. The van der Waals surface area contributed by atoms with Crippen molar-refractivity contribution in [2.75, 3.05) is 4.90 Å². The highest BCUT2D eigenvalue weighted by Crippen LogP contribution is 2.45. The zero-order valence-electron chi connectivity index (χ0n) is 16.7. The number of aromatic hydroxyl groups is 1. The van der Waals surface area contributed by atoms with Gasteiger partial charge in [0.15, 0.2) is 5.11 Å². The Kier molecular flexibility index (Phi) is 5.51. The van der Waals surface area contributed by atoms with E-state index in [4.69, 9.17) is 35.4 Å². The van der Waals surface area contributed by atoms with Crippen LogP contribution < -0.4 is 10.2 Å². The summed E-state index contributed by atoms with van der Waals surface area (Å²) in [6.07, 6.45) is 3.74. The van der Waals surface area contributed by atoms with Gasteiger partial charge in [-0.1, -0.05) is 35.3 Å². The van der Waals surface area contributed by atoms with Gasteiger partial charge in [0.1, 0.15) is 11.8 Å². The van der Waals surface area contributed by atoms with Gasteiger partial charge in [-0.25, -0.2) is 0 Å². The lowest BCUT2D eigenvalue weighted by molar-refractivity contribution is 0.472. The van der Waals surface area contributed by atoms with E-state index in [0.29, 0.717) is 20.8 Å². The van der Waals surface area contributed by atoms with Gasteiger partial charge in [0.05, 0.1) is 17.4 Å². The maximum Gasteiger partial charge on any atom is 0.174 e. The third-order valence-electron chi connectivity index (χ3n) is 5.46. The smallest absolute Gasteiger partial charge is 0.174 e. The molecule has 1 aliphatic heterocycles. The van der Waals surface area contributed by atoms with Gasteiger partial charge in [-0.2, -0.15) is 0 Å². The zero-order valence-corrected chi connectivity index (χ0v) is 19.0. The van der Waals surface area contributed by atoms with Crippen molar-refractivity contribution in [2.45, 2.75) is 12.1 Å². The summed E-state index contributed by atoms with van der Waals surface area (Å²) in [6.45, 7) is 0. The Morgan fingerprint density at radius 1 is 0.938 bits per heavy atom. The lowest BCUT2D eigenvalue weighted by atomic mass is 10.0. The molecule has 5 nitrogen and oxygen atoms in total. The van der Waals surface area contributed by atoms with E-state index in [0.717, 1.165) is 17.1 Å². The number of benzene rings is 2. The molecule has 1 fully saturated rings. The van der Waals surface area contributed by atoms with Crippen LogP contribution >= 0.6 is 35.4 Å². The fourth-order valence-corrected chi connectivity index (χ4v) is 4.79. The summed E-state index contributed by atoms with van der Waals surface area (Å²) >= 11 is 18.3. The number of phenols is 1. The first kappa shape index (κ1) is 20.8. The van der Waals surface area contributed by atoms with E-state index < -0.39 is 0 Å². The maximum atomic E-state index is 10.7. The molecule has 0 aliphatic carbocycles. The van der Waals surface area contributed by atoms with Crippen LogP contribution in [0, 0.1) is 0 Å². The van der Waals surface area contributed by atoms with Gasteiger partial charge in [-0.05, 0) is 72.9 Å². The Bertz CT molecular complexity index is 1290. The summed E-state index contributed by atoms with van der Waals surface area (Å²) in [5.74, 6) is 0.0890. The summed E-state index contributed by atoms with van der Waals surface area (Å²) < 4.78 is 2.07. The molecule has 2 aromatic carbocycles. The van der Waals surface area contributed by atoms with Crippen molar-refractivity contribution in [1.29, 1.82) is 0 Å². The second-order valence-corrected chi connectivity index (χ2v) is 8.67. The van der Waals surface area contributed by atoms with Crippen molar-refractivity contribution in [3.8, 4) is 11.4 Å². The molecule has 2 atom stereocenters. The van der Waals surface area contributed by atoms with E-state index in [1.807, 2.05) is 65.7 Å². The second kappa shape index (κ2) is 8.47. The number of thiocarbonyl (C=S) groups is 1. The highest BCUT2D eigenvalue weighted by Gasteiger charge is 2.43. The lowest BCUT2D eigenvalue weighted by Crippen LogP contribution is -2.30. The first-order chi connectivity index (χ1) is 15.5. The minimum absolute atomic E-state index is 0.0890. The predicted octanol–water partition coefficient (Wildman–Crippen LogP) is 6.06. The van der Waals surface area contributed by atoms with Gasteiger partial charge in [-0.15, -0.1) is 0 Å². The minimum Gasteiger partial charge on any atom is -0.506 e. The number of anilines is 1. The van der Waals surface area contributed by atoms with Gasteiger partial charge in [0.25, 0.3) is 0 Å². The van der Waals surface area contributed by atoms with E-state index in [9.17, 15) is 5.11 Å². The molecule has 0 bridgehead atoms. The molecule has 5 rings (SSSR count). The number of nitrogens with one attached hydrogen (secondary N) is 1. The fourth-order valence-electron chi connectivity index (χ4n) is 4.10. The molecule has 1 aliphatic rings. The Labute approximate surface area is 200 Å². The van der Waals surface area contributed by atoms with Crippen LogP contribution in [-0.2, 0) is 0 Å². The molecule has 1 saturated heterocycles. The lowest BCUT2D eigenvalue weighted by Gasteiger charge is -2.29. The molecular formula is C24H18Cl2N4OS. The van der Waals surface area contributed by atoms with Crippen molar-refractivity contribution < 1.29 is 5.11 Å². The molecule has 0 spiro atoms. The molecule has 32 heavy (non-hydrogen) atoms. The number of aromatic nitrogens is 2. The molecule has 4 aromatic rings. The van der Waals surface area contributed by atoms with Crippen molar-refractivity contribution in [2.24, 2.45) is 0 Å². The van der Waals surface area contributed by atoms with Crippen LogP contribution in [0.5, 0.6) is 5.75 Å². The Morgan fingerprint density at radius 3 is 2.56 bits per heavy atom. The number of halogens is 2. The number of hydrogen-bond donors (Lipinski definition) is 2. The largest absolute Gasteiger partial charge is 0.506 e. The average Bonchev–Trinajstić information content (AvgIpc) is 3.40. The zero-order chi connectivity index (χ0) is 22.2. The number of rotatable bonds is 4. The molecule has 160 valence electrons. The minimum atomic E-state index is -0.309. The molecule has 2 N–H and O–H groups in total. The van der Waals surface area contributed by atoms with Crippen LogP contribution in [0.4, 0.5) is 5.69 Å². The fraction of sp³-hybridized carbons (Fsp3) is 0.0833. The van der Waals surface area contributed by atoms with Crippen molar-refractivity contribution in [3.63, 3.8) is 0 Å². The van der Waals surface area contributed by atoms with Gasteiger partial charge in [-0.3, -0.25) is 4.98 Å². The van der Waals surface area contributed by atoms with E-state index in [2.05, 4.69) is 14.9 Å². The first-order valence-electron chi connectivity index (χ1n) is 9.95. The van der Waals surface area contributed by atoms with Crippen LogP contribution in [0.2, 0.25) is 10.0 Å². The quantitative estimate of drug-likeness (QED) is 0.347. The molecule has 0 radical (unpaired) electrons. The van der Waals surface area contributed by atoms with Crippen molar-refractivity contribution in [1.82, 2.24) is 14.9 Å². The maximum absolute atomic E-state index is 10.7. The molecule has 3 heterocycles. The number of nitrogens with zero attached hydrogens (tertiary/aromatic N) is 3. The summed E-state index contributed by atoms with van der Waals surface area (Å²) in [5.41, 5.74) is 3.24. The predicted molar refractivity (Wildman–Crippen MR) is 132 cm³/mol. The molecule has 0 saturated carbocycles. The van der Waals surface area contributed by atoms with Gasteiger partial charge < -0.3 is 19.9 Å². The number of pyridine rings is 1. The van der Waals surface area contributed by atoms with Gasteiger partial charge in [0, 0.05) is 33.8 Å². The Balaban J connectivity index is 1.70. The Hall–Kier alpha value is -3.06. The van der Waals surface area contributed by atoms with Crippen LogP contribution in [0.25, 0.3) is 5.69 Å². The summed E-state index contributed by atoms with van der Waals surface area (Å²) in [7, 11) is 0. The van der Waals surface area contributed by atoms with Crippen LogP contribution in [0.3, 0.4) is 0 Å². The third kappa shape index (κ3) is 3.71. The van der Waals surface area contributed by atoms with E-state index in [1.54, 1.807) is 24.4 Å². The first-order valence-corrected chi connectivity index (χ1v) is 11.1. The average molecular weight is 481 g/mol. The number of phenolic OH excluding ortho intramolecular Hbond substituents is 1. The third-order valence-corrected chi connectivity index (χ3v) is 6.25. The van der Waals surface area contributed by atoms with E-state index in [1.165, 1.54) is 0 Å². The summed E-state index contributed by atoms with van der Waals surface area (Å²) in [4.78, 5) is 6.47. The highest BCUT2D eigenvalue weighted by molar-refractivity contribution is 7.80. The SMILES string of the molecule is Oc1ccc(Cl)cc1N1C(=S)N[C@H](c2ccccn2)[C@H]1c1cccn1-c1cccc(Cl)c1. The Morgan fingerprint density at radius 2 is 1.78 bits per heavy atom. The van der Waals surface area contributed by atoms with Crippen molar-refractivity contribution in [3.05, 3.63) is 107 Å². The second-order valence-electron chi connectivity index (χ2n) is 7.41. The normalized spacial score (nSPS) is 18.1. The topological polar surface area (TPSA) is 53.3 Å². The van der Waals surface area contributed by atoms with Crippen LogP contribution in [0.15, 0.2) is 85.2 Å². The van der Waals surface area contributed by atoms with Gasteiger partial charge in [0.2, 0.25) is 0 Å². The molecular weight excluding hydrogens is 463 g/mol. The van der Waals surface area contributed by atoms with Crippen LogP contribution in [0.1, 0.15) is 23.5 Å². The molecule has 0 unspecified atom stereocenters. The molecule has 2 aromatic heterocycles. The monoisotopic (exact) mass is 480 g/mol. The number of hydrogen-bond acceptors (Lipinski definition) is 3. The standard InChI is InChI=1S/C24H18Cl2N4OS/c25-15-5-3-6-17(13-15)29-12-4-8-19(29)23-22(18-7-1-2-11-27-18)28-24(32)30(23)20-14-16(26)9-10-21(20)31/h1-14,22-23,31H,(H,28,32)/t22-,23-/m1/s1. The summed E-state index contributed by atoms with van der Waals surface area (Å²) in [5, 5.41) is 15.7. The molecule has 8 heteroatoms. The van der Waals surface area contributed by atoms with Crippen molar-refractivity contribution >= 4 is 46.2 Å². The van der Waals surface area contributed by atoms with E-state index >= 15 is 0 Å². The van der Waals surface area contributed by atoms with Gasteiger partial charge >= 0.3 is 0 Å². The summed E-state index contributed by atoms with van der Waals surface area (Å²) in [6, 6.07) is 21.8. The van der Waals surface area contributed by atoms with Crippen LogP contribution in [-0.4, -0.2) is 19.8 Å². The van der Waals surface area contributed by atoms with E-state index in [-0.39, 0.29) is 17.8 Å².